The average molecular weight is 219 g/mol. The standard InChI is InChI=1S/C11H13N3O2/c1-6(2)14-11(16)10-9-7(3-4-12-10)8(15)5-13-9/h3-6,13,15H,1-2H3,(H,14,16). The molecule has 5 nitrogen and oxygen atoms in total. The zero-order valence-corrected chi connectivity index (χ0v) is 9.11. The zero-order valence-electron chi connectivity index (χ0n) is 9.11. The highest BCUT2D eigenvalue weighted by molar-refractivity contribution is 6.05. The summed E-state index contributed by atoms with van der Waals surface area (Å²) in [6.45, 7) is 3.76. The lowest BCUT2D eigenvalue weighted by Crippen LogP contribution is -2.30. The predicted molar refractivity (Wildman–Crippen MR) is 60.4 cm³/mol. The van der Waals surface area contributed by atoms with Crippen molar-refractivity contribution >= 4 is 16.8 Å². The van der Waals surface area contributed by atoms with Gasteiger partial charge in [0.05, 0.1) is 5.52 Å². The van der Waals surface area contributed by atoms with Crippen molar-refractivity contribution in [2.75, 3.05) is 0 Å². The van der Waals surface area contributed by atoms with Crippen molar-refractivity contribution in [1.29, 1.82) is 0 Å². The number of rotatable bonds is 2. The summed E-state index contributed by atoms with van der Waals surface area (Å²) in [5, 5.41) is 12.9. The maximum atomic E-state index is 11.8. The van der Waals surface area contributed by atoms with E-state index in [1.165, 1.54) is 12.4 Å². The van der Waals surface area contributed by atoms with Crippen LogP contribution in [0.15, 0.2) is 18.5 Å². The van der Waals surface area contributed by atoms with E-state index in [-0.39, 0.29) is 17.7 Å². The number of nitrogens with zero attached hydrogens (tertiary/aromatic N) is 1. The molecule has 2 aromatic heterocycles. The van der Waals surface area contributed by atoms with Gasteiger partial charge in [-0.15, -0.1) is 0 Å². The Balaban J connectivity index is 2.48. The number of fused-ring (bicyclic) bond motifs is 1. The number of hydrogen-bond acceptors (Lipinski definition) is 3. The van der Waals surface area contributed by atoms with Crippen molar-refractivity contribution in [2.45, 2.75) is 19.9 Å². The van der Waals surface area contributed by atoms with Gasteiger partial charge in [-0.2, -0.15) is 0 Å². The predicted octanol–water partition coefficient (Wildman–Crippen LogP) is 1.41. The molecule has 0 aliphatic carbocycles. The highest BCUT2D eigenvalue weighted by Gasteiger charge is 2.14. The first-order chi connectivity index (χ1) is 7.59. The molecule has 3 N–H and O–H groups in total. The molecular weight excluding hydrogens is 206 g/mol. The van der Waals surface area contributed by atoms with Gasteiger partial charge in [0.15, 0.2) is 5.69 Å². The van der Waals surface area contributed by atoms with E-state index in [1.807, 2.05) is 13.8 Å². The van der Waals surface area contributed by atoms with E-state index < -0.39 is 0 Å². The fourth-order valence-corrected chi connectivity index (χ4v) is 1.54. The van der Waals surface area contributed by atoms with Crippen LogP contribution in [0.3, 0.4) is 0 Å². The van der Waals surface area contributed by atoms with Crippen LogP contribution in [-0.4, -0.2) is 27.0 Å². The molecule has 0 saturated carbocycles. The lowest BCUT2D eigenvalue weighted by molar-refractivity contribution is 0.0940. The van der Waals surface area contributed by atoms with Crippen LogP contribution in [0.2, 0.25) is 0 Å². The van der Waals surface area contributed by atoms with Gasteiger partial charge in [0.2, 0.25) is 0 Å². The molecule has 0 aliphatic heterocycles. The van der Waals surface area contributed by atoms with E-state index >= 15 is 0 Å². The lowest BCUT2D eigenvalue weighted by atomic mass is 10.2. The summed E-state index contributed by atoms with van der Waals surface area (Å²) in [6, 6.07) is 1.71. The third kappa shape index (κ3) is 1.71. The van der Waals surface area contributed by atoms with Crippen LogP contribution >= 0.6 is 0 Å². The summed E-state index contributed by atoms with van der Waals surface area (Å²) in [5.74, 6) is -0.126. The number of nitrogens with one attached hydrogen (secondary N) is 2. The number of amides is 1. The number of carbonyl (C=O) groups excluding carboxylic acids is 1. The van der Waals surface area contributed by atoms with Crippen LogP contribution in [0.4, 0.5) is 0 Å². The van der Waals surface area contributed by atoms with E-state index in [9.17, 15) is 9.90 Å². The second-order valence-electron chi connectivity index (χ2n) is 3.88. The zero-order chi connectivity index (χ0) is 11.7. The van der Waals surface area contributed by atoms with E-state index in [0.29, 0.717) is 16.6 Å². The minimum Gasteiger partial charge on any atom is -0.506 e. The average Bonchev–Trinajstić information content (AvgIpc) is 2.59. The van der Waals surface area contributed by atoms with Gasteiger partial charge in [0.25, 0.3) is 5.91 Å². The van der Waals surface area contributed by atoms with Crippen LogP contribution in [-0.2, 0) is 0 Å². The van der Waals surface area contributed by atoms with Crippen molar-refractivity contribution in [3.05, 3.63) is 24.2 Å². The summed E-state index contributed by atoms with van der Waals surface area (Å²) >= 11 is 0. The fraction of sp³-hybridized carbons (Fsp3) is 0.273. The molecule has 0 spiro atoms. The van der Waals surface area contributed by atoms with Crippen LogP contribution in [0.1, 0.15) is 24.3 Å². The normalized spacial score (nSPS) is 10.9. The van der Waals surface area contributed by atoms with Gasteiger partial charge in [-0.05, 0) is 19.9 Å². The molecule has 2 rings (SSSR count). The van der Waals surface area contributed by atoms with Gasteiger partial charge in [0.1, 0.15) is 5.75 Å². The summed E-state index contributed by atoms with van der Waals surface area (Å²) in [6.07, 6.45) is 2.95. The minimum absolute atomic E-state index is 0.0492. The summed E-state index contributed by atoms with van der Waals surface area (Å²) in [7, 11) is 0. The molecule has 0 atom stereocenters. The van der Waals surface area contributed by atoms with Crippen molar-refractivity contribution < 1.29 is 9.90 Å². The summed E-state index contributed by atoms with van der Waals surface area (Å²) in [5.41, 5.74) is 0.852. The minimum atomic E-state index is -0.248. The van der Waals surface area contributed by atoms with Gasteiger partial charge in [-0.25, -0.2) is 4.98 Å². The van der Waals surface area contributed by atoms with E-state index in [0.717, 1.165) is 0 Å². The van der Waals surface area contributed by atoms with Crippen molar-refractivity contribution in [2.24, 2.45) is 0 Å². The van der Waals surface area contributed by atoms with Gasteiger partial charge in [0, 0.05) is 23.8 Å². The largest absolute Gasteiger partial charge is 0.506 e. The van der Waals surface area contributed by atoms with Crippen LogP contribution in [0.5, 0.6) is 5.75 Å². The maximum absolute atomic E-state index is 11.8. The Labute approximate surface area is 92.5 Å². The quantitative estimate of drug-likeness (QED) is 0.714. The fourth-order valence-electron chi connectivity index (χ4n) is 1.54. The Hall–Kier alpha value is -2.04. The molecule has 5 heteroatoms. The van der Waals surface area contributed by atoms with Crippen molar-refractivity contribution in [1.82, 2.24) is 15.3 Å². The number of H-pyrrole nitrogens is 1. The molecule has 0 unspecified atom stereocenters. The van der Waals surface area contributed by atoms with Crippen LogP contribution in [0.25, 0.3) is 10.9 Å². The van der Waals surface area contributed by atoms with Gasteiger partial charge < -0.3 is 15.4 Å². The highest BCUT2D eigenvalue weighted by atomic mass is 16.3. The second kappa shape index (κ2) is 3.84. The number of pyridine rings is 1. The third-order valence-electron chi connectivity index (χ3n) is 2.22. The summed E-state index contributed by atoms with van der Waals surface area (Å²) < 4.78 is 0. The number of aromatic hydroxyl groups is 1. The molecule has 0 aromatic carbocycles. The first-order valence-electron chi connectivity index (χ1n) is 5.05. The first kappa shape index (κ1) is 10.5. The van der Waals surface area contributed by atoms with Gasteiger partial charge in [-0.3, -0.25) is 4.79 Å². The van der Waals surface area contributed by atoms with Crippen molar-refractivity contribution in [3.63, 3.8) is 0 Å². The Bertz CT molecular complexity index is 531. The van der Waals surface area contributed by atoms with Crippen LogP contribution < -0.4 is 5.32 Å². The van der Waals surface area contributed by atoms with E-state index in [1.54, 1.807) is 6.07 Å². The molecule has 2 aromatic rings. The molecule has 1 amide bonds. The lowest BCUT2D eigenvalue weighted by Gasteiger charge is -2.07. The number of aromatic amines is 1. The van der Waals surface area contributed by atoms with Gasteiger partial charge in [-0.1, -0.05) is 0 Å². The Morgan fingerprint density at radius 1 is 1.56 bits per heavy atom. The number of aromatic nitrogens is 2. The summed E-state index contributed by atoms with van der Waals surface area (Å²) in [4.78, 5) is 18.7. The first-order valence-corrected chi connectivity index (χ1v) is 5.05. The molecule has 2 heterocycles. The molecule has 0 bridgehead atoms. The van der Waals surface area contributed by atoms with E-state index in [4.69, 9.17) is 0 Å². The SMILES string of the molecule is CC(C)NC(=O)c1nccc2c(O)c[nH]c12. The Morgan fingerprint density at radius 2 is 2.31 bits per heavy atom. The molecular formula is C11H13N3O2. The second-order valence-corrected chi connectivity index (χ2v) is 3.88. The molecule has 84 valence electrons. The van der Waals surface area contributed by atoms with Gasteiger partial charge >= 0.3 is 0 Å². The molecule has 0 saturated heterocycles. The Kier molecular flexibility index (Phi) is 2.52. The topological polar surface area (TPSA) is 78.0 Å². The highest BCUT2D eigenvalue weighted by Crippen LogP contribution is 2.24. The number of hydrogen-bond donors (Lipinski definition) is 3. The van der Waals surface area contributed by atoms with E-state index in [2.05, 4.69) is 15.3 Å². The number of carbonyl (C=O) groups is 1. The molecule has 0 radical (unpaired) electrons. The molecule has 0 fully saturated rings. The third-order valence-corrected chi connectivity index (χ3v) is 2.22. The molecule has 16 heavy (non-hydrogen) atoms. The van der Waals surface area contributed by atoms with Crippen LogP contribution in [0, 0.1) is 0 Å². The Morgan fingerprint density at radius 3 is 3.00 bits per heavy atom. The smallest absolute Gasteiger partial charge is 0.272 e. The monoisotopic (exact) mass is 219 g/mol. The van der Waals surface area contributed by atoms with Crippen molar-refractivity contribution in [3.8, 4) is 5.75 Å². The maximum Gasteiger partial charge on any atom is 0.272 e. The molecule has 0 aliphatic rings.